The number of carbonyl (C=O) groups is 3. The van der Waals surface area contributed by atoms with Crippen LogP contribution in [0.2, 0.25) is 0 Å². The van der Waals surface area contributed by atoms with Crippen molar-refractivity contribution in [2.75, 3.05) is 7.11 Å². The maximum atomic E-state index is 13.1. The lowest BCUT2D eigenvalue weighted by molar-refractivity contribution is -0.159. The quantitative estimate of drug-likeness (QED) is 0.479. The lowest BCUT2D eigenvalue weighted by Crippen LogP contribution is -2.52. The summed E-state index contributed by atoms with van der Waals surface area (Å²) in [7, 11) is 1.55. The molecule has 31 heavy (non-hydrogen) atoms. The summed E-state index contributed by atoms with van der Waals surface area (Å²) in [5.74, 6) is -1.33. The van der Waals surface area contributed by atoms with E-state index in [4.69, 9.17) is 9.47 Å². The van der Waals surface area contributed by atoms with Gasteiger partial charge in [0.15, 0.2) is 0 Å². The minimum Gasteiger partial charge on any atom is -0.458 e. The van der Waals surface area contributed by atoms with Crippen LogP contribution < -0.4 is 5.32 Å². The maximum Gasteiger partial charge on any atom is 0.329 e. The Hall–Kier alpha value is -2.41. The fraction of sp³-hybridized carbons (Fsp3) is 0.625. The Balaban J connectivity index is 2.16. The molecular weight excluding hydrogens is 396 g/mol. The first-order valence-corrected chi connectivity index (χ1v) is 10.9. The molecule has 0 aromatic heterocycles. The summed E-state index contributed by atoms with van der Waals surface area (Å²) in [6.07, 6.45) is 2.33. The van der Waals surface area contributed by atoms with Crippen molar-refractivity contribution in [2.45, 2.75) is 83.7 Å². The van der Waals surface area contributed by atoms with Gasteiger partial charge in [-0.3, -0.25) is 9.59 Å². The number of methoxy groups -OCH3 is 1. The molecule has 1 aliphatic heterocycles. The summed E-state index contributed by atoms with van der Waals surface area (Å²) >= 11 is 0. The fourth-order valence-corrected chi connectivity index (χ4v) is 4.12. The molecule has 0 spiro atoms. The summed E-state index contributed by atoms with van der Waals surface area (Å²) in [6.45, 7) is 9.15. The van der Waals surface area contributed by atoms with Gasteiger partial charge in [0, 0.05) is 19.6 Å². The zero-order chi connectivity index (χ0) is 23.2. The summed E-state index contributed by atoms with van der Waals surface area (Å²) in [5, 5.41) is 2.87. The zero-order valence-corrected chi connectivity index (χ0v) is 19.5. The summed E-state index contributed by atoms with van der Waals surface area (Å²) < 4.78 is 11.2. The third-order valence-corrected chi connectivity index (χ3v) is 5.74. The lowest BCUT2D eigenvalue weighted by atomic mass is 9.94. The second kappa shape index (κ2) is 10.8. The van der Waals surface area contributed by atoms with E-state index < -0.39 is 29.6 Å². The Morgan fingerprint density at radius 3 is 2.42 bits per heavy atom. The maximum absolute atomic E-state index is 13.1. The Kier molecular flexibility index (Phi) is 8.62. The van der Waals surface area contributed by atoms with Crippen molar-refractivity contribution in [3.63, 3.8) is 0 Å². The Labute approximate surface area is 185 Å². The third kappa shape index (κ3) is 6.79. The van der Waals surface area contributed by atoms with E-state index in [1.165, 1.54) is 0 Å². The zero-order valence-electron chi connectivity index (χ0n) is 19.5. The second-order valence-electron chi connectivity index (χ2n) is 9.32. The SMILES string of the molecule is COC(C(C)C(=O)NC(Cc1ccccc1)C(=O)OC(C)(C)C)C1CCC(C)N1C=O. The standard InChI is InChI=1S/C24H36N2O5/c1-16-12-13-20(26(16)15-27)21(30-6)17(2)22(28)25-19(23(29)31-24(3,4)5)14-18-10-8-7-9-11-18/h7-11,15-17,19-21H,12-14H2,1-6H3,(H,25,28). The van der Waals surface area contributed by atoms with E-state index in [0.29, 0.717) is 6.42 Å². The average Bonchev–Trinajstić information content (AvgIpc) is 3.07. The molecule has 0 bridgehead atoms. The van der Waals surface area contributed by atoms with Gasteiger partial charge in [0.25, 0.3) is 0 Å². The van der Waals surface area contributed by atoms with Crippen molar-refractivity contribution in [3.05, 3.63) is 35.9 Å². The highest BCUT2D eigenvalue weighted by Crippen LogP contribution is 2.29. The number of nitrogens with zero attached hydrogens (tertiary/aromatic N) is 1. The highest BCUT2D eigenvalue weighted by atomic mass is 16.6. The molecule has 1 saturated heterocycles. The van der Waals surface area contributed by atoms with Crippen LogP contribution in [0, 0.1) is 5.92 Å². The van der Waals surface area contributed by atoms with E-state index in [1.807, 2.05) is 37.3 Å². The number of likely N-dealkylation sites (tertiary alicyclic amines) is 1. The van der Waals surface area contributed by atoms with Crippen LogP contribution in [-0.2, 0) is 30.3 Å². The average molecular weight is 433 g/mol. The molecule has 0 aliphatic carbocycles. The summed E-state index contributed by atoms with van der Waals surface area (Å²) in [5.41, 5.74) is 0.258. The van der Waals surface area contributed by atoms with Crippen molar-refractivity contribution < 1.29 is 23.9 Å². The molecule has 1 fully saturated rings. The van der Waals surface area contributed by atoms with Crippen LogP contribution in [0.4, 0.5) is 0 Å². The predicted molar refractivity (Wildman–Crippen MR) is 118 cm³/mol. The number of carbonyl (C=O) groups excluding carboxylic acids is 3. The number of hydrogen-bond donors (Lipinski definition) is 1. The highest BCUT2D eigenvalue weighted by Gasteiger charge is 2.41. The Morgan fingerprint density at radius 2 is 1.87 bits per heavy atom. The molecule has 2 amide bonds. The van der Waals surface area contributed by atoms with Gasteiger partial charge in [-0.1, -0.05) is 37.3 Å². The van der Waals surface area contributed by atoms with Crippen molar-refractivity contribution in [2.24, 2.45) is 5.92 Å². The van der Waals surface area contributed by atoms with E-state index in [-0.39, 0.29) is 18.0 Å². The minimum atomic E-state index is -0.821. The number of rotatable bonds is 9. The number of ether oxygens (including phenoxy) is 2. The van der Waals surface area contributed by atoms with Gasteiger partial charge >= 0.3 is 5.97 Å². The normalized spacial score (nSPS) is 21.8. The largest absolute Gasteiger partial charge is 0.458 e. The lowest BCUT2D eigenvalue weighted by Gasteiger charge is -2.34. The molecule has 1 heterocycles. The molecule has 1 aromatic carbocycles. The van der Waals surface area contributed by atoms with Crippen LogP contribution in [0.15, 0.2) is 30.3 Å². The van der Waals surface area contributed by atoms with Gasteiger partial charge in [-0.15, -0.1) is 0 Å². The first-order valence-electron chi connectivity index (χ1n) is 10.9. The predicted octanol–water partition coefficient (Wildman–Crippen LogP) is 2.72. The van der Waals surface area contributed by atoms with Crippen molar-refractivity contribution in [1.29, 1.82) is 0 Å². The number of benzene rings is 1. The summed E-state index contributed by atoms with van der Waals surface area (Å²) in [6, 6.07) is 8.62. The molecule has 0 saturated carbocycles. The molecule has 2 rings (SSSR count). The van der Waals surface area contributed by atoms with Gasteiger partial charge in [0.2, 0.25) is 12.3 Å². The van der Waals surface area contributed by atoms with Gasteiger partial charge in [-0.25, -0.2) is 4.79 Å². The molecule has 1 aliphatic rings. The van der Waals surface area contributed by atoms with E-state index >= 15 is 0 Å². The van der Waals surface area contributed by atoms with E-state index in [2.05, 4.69) is 5.32 Å². The van der Waals surface area contributed by atoms with Gasteiger partial charge < -0.3 is 19.7 Å². The topological polar surface area (TPSA) is 84.9 Å². The molecule has 7 nitrogen and oxygen atoms in total. The molecule has 5 unspecified atom stereocenters. The monoisotopic (exact) mass is 432 g/mol. The van der Waals surface area contributed by atoms with Gasteiger partial charge in [-0.05, 0) is 46.1 Å². The smallest absolute Gasteiger partial charge is 0.329 e. The van der Waals surface area contributed by atoms with E-state index in [9.17, 15) is 14.4 Å². The van der Waals surface area contributed by atoms with E-state index in [0.717, 1.165) is 24.8 Å². The number of amides is 2. The number of nitrogens with one attached hydrogen (secondary N) is 1. The molecule has 7 heteroatoms. The number of esters is 1. The van der Waals surface area contributed by atoms with Crippen LogP contribution in [0.5, 0.6) is 0 Å². The molecule has 172 valence electrons. The highest BCUT2D eigenvalue weighted by molar-refractivity contribution is 5.86. The van der Waals surface area contributed by atoms with Crippen LogP contribution in [0.1, 0.15) is 53.0 Å². The Morgan fingerprint density at radius 1 is 1.23 bits per heavy atom. The van der Waals surface area contributed by atoms with Crippen molar-refractivity contribution >= 4 is 18.3 Å². The van der Waals surface area contributed by atoms with Crippen molar-refractivity contribution in [3.8, 4) is 0 Å². The minimum absolute atomic E-state index is 0.114. The molecular formula is C24H36N2O5. The second-order valence-corrected chi connectivity index (χ2v) is 9.32. The summed E-state index contributed by atoms with van der Waals surface area (Å²) in [4.78, 5) is 39.3. The number of hydrogen-bond acceptors (Lipinski definition) is 5. The first-order chi connectivity index (χ1) is 14.6. The third-order valence-electron chi connectivity index (χ3n) is 5.74. The van der Waals surface area contributed by atoms with Crippen LogP contribution in [0.3, 0.4) is 0 Å². The molecule has 1 N–H and O–H groups in total. The Bertz CT molecular complexity index is 746. The first kappa shape index (κ1) is 24.9. The van der Waals surface area contributed by atoms with Crippen LogP contribution in [-0.4, -0.2) is 60.1 Å². The van der Waals surface area contributed by atoms with Crippen LogP contribution >= 0.6 is 0 Å². The molecule has 0 radical (unpaired) electrons. The van der Waals surface area contributed by atoms with Gasteiger partial charge in [0.1, 0.15) is 11.6 Å². The van der Waals surface area contributed by atoms with Crippen molar-refractivity contribution in [1.82, 2.24) is 10.2 Å². The van der Waals surface area contributed by atoms with E-state index in [1.54, 1.807) is 39.7 Å². The van der Waals surface area contributed by atoms with Crippen LogP contribution in [0.25, 0.3) is 0 Å². The van der Waals surface area contributed by atoms with Gasteiger partial charge in [0.05, 0.1) is 18.1 Å². The fourth-order valence-electron chi connectivity index (χ4n) is 4.12. The van der Waals surface area contributed by atoms with Gasteiger partial charge in [-0.2, -0.15) is 0 Å². The molecule has 1 aromatic rings. The molecule has 5 atom stereocenters.